The van der Waals surface area contributed by atoms with Gasteiger partial charge in [0.25, 0.3) is 0 Å². The number of aliphatic hydroxyl groups excluding tert-OH is 3. The molecule has 1 aliphatic rings. The maximum absolute atomic E-state index is 11.9. The van der Waals surface area contributed by atoms with Crippen molar-refractivity contribution in [3.63, 3.8) is 0 Å². The summed E-state index contributed by atoms with van der Waals surface area (Å²) in [6.45, 7) is 0.499. The third kappa shape index (κ3) is 3.25. The van der Waals surface area contributed by atoms with Crippen LogP contribution in [0.5, 0.6) is 0 Å². The molecule has 0 bridgehead atoms. The van der Waals surface area contributed by atoms with Crippen LogP contribution in [0.1, 0.15) is 6.92 Å². The molecule has 0 amide bonds. The molecule has 2 heterocycles. The van der Waals surface area contributed by atoms with Gasteiger partial charge >= 0.3 is 137 Å². The number of aromatic amines is 1. The van der Waals surface area contributed by atoms with Gasteiger partial charge in [0.1, 0.15) is 0 Å². The van der Waals surface area contributed by atoms with Gasteiger partial charge in [-0.1, -0.05) is 0 Å². The van der Waals surface area contributed by atoms with Crippen molar-refractivity contribution in [3.05, 3.63) is 20.9 Å². The number of nitrogens with one attached hydrogen (secondary N) is 2. The van der Waals surface area contributed by atoms with Gasteiger partial charge in [-0.15, -0.1) is 0 Å². The fraction of sp³-hybridized carbons (Fsp3) is 0.583. The summed E-state index contributed by atoms with van der Waals surface area (Å²) in [5.41, 5.74) is -2.09. The minimum absolute atomic E-state index is 0.0506. The molecule has 1 fully saturated rings. The molecule has 2 rings (SSSR count). The van der Waals surface area contributed by atoms with Crippen molar-refractivity contribution in [2.75, 3.05) is 18.5 Å². The second kappa shape index (κ2) is 6.55. The number of aliphatic carboxylic acids is 1. The molecule has 4 atom stereocenters. The van der Waals surface area contributed by atoms with Crippen LogP contribution in [0.3, 0.4) is 0 Å². The van der Waals surface area contributed by atoms with Gasteiger partial charge in [0.15, 0.2) is 0 Å². The molecule has 0 radical (unpaired) electrons. The molecule has 0 aliphatic carbocycles. The number of rotatable bonds is 5. The monoisotopic (exact) mass is 395 g/mol. The standard InChI is InChI=1S/C12H17N3O7Se/c1-12(9(20)8(19)6(4-16)22-12)15-3-5(13-2-7(17)18)10(21)14-11(15)23/h3,6,8-9,13,16,19-20H,2,4H2,1H3,(H,17,18)(H,14,21,23)/t6-,8-,9-,12-/m1/s1. The Morgan fingerprint density at radius 2 is 2.22 bits per heavy atom. The predicted octanol–water partition coefficient (Wildman–Crippen LogP) is -2.84. The molecule has 1 aliphatic heterocycles. The van der Waals surface area contributed by atoms with E-state index >= 15 is 0 Å². The number of hydrogen-bond donors (Lipinski definition) is 6. The van der Waals surface area contributed by atoms with Crippen LogP contribution in [0.2, 0.25) is 0 Å². The van der Waals surface area contributed by atoms with Crippen LogP contribution in [0, 0.1) is 4.32 Å². The van der Waals surface area contributed by atoms with E-state index in [0.29, 0.717) is 0 Å². The summed E-state index contributed by atoms with van der Waals surface area (Å²) in [6.07, 6.45) is -2.43. The van der Waals surface area contributed by atoms with Crippen molar-refractivity contribution in [3.8, 4) is 0 Å². The average molecular weight is 394 g/mol. The van der Waals surface area contributed by atoms with Crippen LogP contribution in [0.25, 0.3) is 0 Å². The van der Waals surface area contributed by atoms with Crippen molar-refractivity contribution >= 4 is 27.2 Å². The molecule has 0 aromatic carbocycles. The summed E-state index contributed by atoms with van der Waals surface area (Å²) in [5.74, 6) is -1.15. The molecule has 0 unspecified atom stereocenters. The Kier molecular flexibility index (Phi) is 5.09. The average Bonchev–Trinajstić information content (AvgIpc) is 2.71. The zero-order chi connectivity index (χ0) is 17.4. The van der Waals surface area contributed by atoms with Crippen LogP contribution >= 0.6 is 0 Å². The third-order valence-electron chi connectivity index (χ3n) is 3.67. The van der Waals surface area contributed by atoms with Gasteiger partial charge in [0.05, 0.1) is 0 Å². The van der Waals surface area contributed by atoms with Crippen LogP contribution < -0.4 is 10.9 Å². The van der Waals surface area contributed by atoms with Crippen LogP contribution in [0.4, 0.5) is 5.69 Å². The Hall–Kier alpha value is -1.49. The fourth-order valence-electron chi connectivity index (χ4n) is 2.41. The Bertz CT molecular complexity index is 717. The molecule has 1 aromatic rings. The van der Waals surface area contributed by atoms with Crippen molar-refractivity contribution in [1.82, 2.24) is 9.55 Å². The Morgan fingerprint density at radius 3 is 2.74 bits per heavy atom. The molecule has 0 saturated carbocycles. The molecule has 0 spiro atoms. The topological polar surface area (TPSA) is 157 Å². The van der Waals surface area contributed by atoms with E-state index in [1.54, 1.807) is 0 Å². The number of aliphatic hydroxyl groups is 3. The summed E-state index contributed by atoms with van der Waals surface area (Å²) < 4.78 is 7.06. The van der Waals surface area contributed by atoms with E-state index in [9.17, 15) is 24.9 Å². The van der Waals surface area contributed by atoms with E-state index in [2.05, 4.69) is 25.9 Å². The van der Waals surface area contributed by atoms with Crippen molar-refractivity contribution in [2.24, 2.45) is 0 Å². The van der Waals surface area contributed by atoms with Gasteiger partial charge in [-0.3, -0.25) is 0 Å². The summed E-state index contributed by atoms with van der Waals surface area (Å²) >= 11 is 2.60. The van der Waals surface area contributed by atoms with Crippen molar-refractivity contribution in [2.45, 2.75) is 31.0 Å². The zero-order valence-electron chi connectivity index (χ0n) is 12.1. The first-order chi connectivity index (χ1) is 10.7. The van der Waals surface area contributed by atoms with Gasteiger partial charge in [0.2, 0.25) is 0 Å². The fourth-order valence-corrected chi connectivity index (χ4v) is 3.09. The Labute approximate surface area is 137 Å². The molecular weight excluding hydrogens is 377 g/mol. The molecular formula is C12H17N3O7Se. The Morgan fingerprint density at radius 1 is 1.57 bits per heavy atom. The second-order valence-corrected chi connectivity index (χ2v) is 6.06. The third-order valence-corrected chi connectivity index (χ3v) is 4.30. The minimum atomic E-state index is -1.47. The van der Waals surface area contributed by atoms with E-state index in [1.165, 1.54) is 17.7 Å². The summed E-state index contributed by atoms with van der Waals surface area (Å²) in [5, 5.41) is 40.5. The van der Waals surface area contributed by atoms with Gasteiger partial charge < -0.3 is 0 Å². The first kappa shape index (κ1) is 17.9. The van der Waals surface area contributed by atoms with Crippen molar-refractivity contribution < 1.29 is 30.0 Å². The van der Waals surface area contributed by atoms with E-state index in [4.69, 9.17) is 9.84 Å². The number of nitrogens with zero attached hydrogens (tertiary/aromatic N) is 1. The SMILES string of the molecule is C[C@@]1(n2cc(NCC(=O)O)c(=O)[nH]c2=[Se])O[C@H](CO)[C@@H](O)[C@H]1O. The van der Waals surface area contributed by atoms with Crippen LogP contribution in [0.15, 0.2) is 11.0 Å². The van der Waals surface area contributed by atoms with Crippen LogP contribution in [-0.2, 0) is 15.3 Å². The maximum atomic E-state index is 11.9. The van der Waals surface area contributed by atoms with Crippen molar-refractivity contribution in [1.29, 1.82) is 0 Å². The van der Waals surface area contributed by atoms with E-state index in [0.717, 1.165) is 0 Å². The molecule has 1 saturated heterocycles. The molecule has 10 nitrogen and oxygen atoms in total. The Balaban J connectivity index is 2.46. The molecule has 128 valence electrons. The number of carbonyl (C=O) groups is 1. The molecule has 1 aromatic heterocycles. The van der Waals surface area contributed by atoms with E-state index in [-0.39, 0.29) is 10.0 Å². The molecule has 23 heavy (non-hydrogen) atoms. The summed E-state index contributed by atoms with van der Waals surface area (Å²) in [7, 11) is 0. The van der Waals surface area contributed by atoms with E-state index in [1.807, 2.05) is 0 Å². The van der Waals surface area contributed by atoms with Gasteiger partial charge in [-0.2, -0.15) is 0 Å². The van der Waals surface area contributed by atoms with Gasteiger partial charge in [-0.25, -0.2) is 0 Å². The first-order valence-corrected chi connectivity index (χ1v) is 7.53. The summed E-state index contributed by atoms with van der Waals surface area (Å²) in [6, 6.07) is 0. The second-order valence-electron chi connectivity index (χ2n) is 5.25. The normalized spacial score (nSPS) is 30.3. The quantitative estimate of drug-likeness (QED) is 0.292. The number of anilines is 1. The van der Waals surface area contributed by atoms with Gasteiger partial charge in [0, 0.05) is 0 Å². The number of ether oxygens (including phenoxy) is 1. The van der Waals surface area contributed by atoms with Crippen LogP contribution in [-0.4, -0.2) is 83.0 Å². The molecule has 11 heteroatoms. The number of carboxylic acid groups (broad SMARTS) is 1. The first-order valence-electron chi connectivity index (χ1n) is 6.67. The van der Waals surface area contributed by atoms with E-state index < -0.39 is 48.7 Å². The zero-order valence-corrected chi connectivity index (χ0v) is 13.8. The molecule has 6 N–H and O–H groups in total. The number of hydrogen-bond acceptors (Lipinski definition) is 7. The van der Waals surface area contributed by atoms with Gasteiger partial charge in [-0.05, 0) is 0 Å². The predicted molar refractivity (Wildman–Crippen MR) is 77.8 cm³/mol. The number of H-pyrrole nitrogens is 1. The summed E-state index contributed by atoms with van der Waals surface area (Å²) in [4.78, 5) is 24.9. The number of aromatic nitrogens is 2. The number of carboxylic acids is 1.